The molecule has 2 aromatic rings. The highest BCUT2D eigenvalue weighted by Gasteiger charge is 2.34. The van der Waals surface area contributed by atoms with Crippen molar-refractivity contribution in [3.8, 4) is 0 Å². The van der Waals surface area contributed by atoms with Gasteiger partial charge in [-0.2, -0.15) is 4.31 Å². The van der Waals surface area contributed by atoms with Gasteiger partial charge in [0.25, 0.3) is 0 Å². The lowest BCUT2D eigenvalue weighted by Gasteiger charge is -2.30. The molecule has 32 heavy (non-hydrogen) atoms. The summed E-state index contributed by atoms with van der Waals surface area (Å²) in [4.78, 5) is 30.4. The number of aromatic nitrogens is 1. The third-order valence-corrected chi connectivity index (χ3v) is 8.15. The Morgan fingerprint density at radius 1 is 1.19 bits per heavy atom. The molecular weight excluding hydrogens is 428 g/mol. The zero-order valence-electron chi connectivity index (χ0n) is 18.3. The van der Waals surface area contributed by atoms with Gasteiger partial charge in [-0.3, -0.25) is 14.6 Å². The van der Waals surface area contributed by atoms with Crippen LogP contribution in [0.15, 0.2) is 47.6 Å². The second kappa shape index (κ2) is 8.99. The number of piperidine rings is 1. The van der Waals surface area contributed by atoms with Gasteiger partial charge >= 0.3 is 0 Å². The van der Waals surface area contributed by atoms with Crippen LogP contribution in [0.1, 0.15) is 37.8 Å². The highest BCUT2D eigenvalue weighted by molar-refractivity contribution is 7.89. The number of anilines is 1. The molecule has 1 aromatic carbocycles. The maximum absolute atomic E-state index is 13.2. The van der Waals surface area contributed by atoms with Crippen molar-refractivity contribution >= 4 is 27.5 Å². The van der Waals surface area contributed by atoms with Crippen LogP contribution in [-0.2, 0) is 32.6 Å². The Balaban J connectivity index is 1.39. The number of hydrogen-bond acceptors (Lipinski definition) is 5. The second-order valence-corrected chi connectivity index (χ2v) is 10.4. The van der Waals surface area contributed by atoms with Crippen molar-refractivity contribution in [2.45, 2.75) is 50.6 Å². The normalized spacial score (nSPS) is 19.6. The molecule has 0 spiro atoms. The first kappa shape index (κ1) is 22.4. The van der Waals surface area contributed by atoms with Gasteiger partial charge in [0.2, 0.25) is 21.8 Å². The van der Waals surface area contributed by atoms with Gasteiger partial charge in [-0.05, 0) is 61.6 Å². The van der Waals surface area contributed by atoms with Gasteiger partial charge in [-0.1, -0.05) is 6.07 Å². The summed E-state index contributed by atoms with van der Waals surface area (Å²) in [6.07, 6.45) is 5.00. The molecule has 2 amide bonds. The first-order valence-corrected chi connectivity index (χ1v) is 12.3. The van der Waals surface area contributed by atoms with Gasteiger partial charge in [0.15, 0.2) is 0 Å². The summed E-state index contributed by atoms with van der Waals surface area (Å²) in [6.45, 7) is 4.50. The molecule has 170 valence electrons. The van der Waals surface area contributed by atoms with E-state index in [0.29, 0.717) is 38.9 Å². The van der Waals surface area contributed by atoms with Crippen molar-refractivity contribution in [1.29, 1.82) is 0 Å². The number of hydrogen-bond donors (Lipinski definition) is 1. The lowest BCUT2D eigenvalue weighted by Crippen LogP contribution is -2.42. The molecule has 1 aromatic heterocycles. The lowest BCUT2D eigenvalue weighted by atomic mass is 9.97. The zero-order chi connectivity index (χ0) is 22.9. The van der Waals surface area contributed by atoms with E-state index in [1.54, 1.807) is 35.5 Å². The zero-order valence-corrected chi connectivity index (χ0v) is 19.1. The van der Waals surface area contributed by atoms with E-state index in [1.807, 2.05) is 19.1 Å². The number of rotatable bonds is 5. The summed E-state index contributed by atoms with van der Waals surface area (Å²) in [5, 5.41) is 2.92. The fraction of sp³-hybridized carbons (Fsp3) is 0.435. The Kier molecular flexibility index (Phi) is 6.30. The average Bonchev–Trinajstić information content (AvgIpc) is 3.13. The van der Waals surface area contributed by atoms with Crippen molar-refractivity contribution in [3.05, 3.63) is 53.9 Å². The van der Waals surface area contributed by atoms with Gasteiger partial charge in [-0.15, -0.1) is 0 Å². The number of nitrogens with zero attached hydrogens (tertiary/aromatic N) is 3. The molecule has 1 saturated heterocycles. The topological polar surface area (TPSA) is 99.7 Å². The number of fused-ring (bicyclic) bond motifs is 1. The van der Waals surface area contributed by atoms with Gasteiger partial charge in [-0.25, -0.2) is 8.42 Å². The van der Waals surface area contributed by atoms with Crippen LogP contribution in [0.4, 0.5) is 5.69 Å². The first-order chi connectivity index (χ1) is 15.3. The van der Waals surface area contributed by atoms with Gasteiger partial charge < -0.3 is 10.2 Å². The van der Waals surface area contributed by atoms with Crippen LogP contribution in [0.3, 0.4) is 0 Å². The number of carbonyl (C=O) groups excluding carboxylic acids is 2. The minimum atomic E-state index is -3.65. The van der Waals surface area contributed by atoms with Crippen LogP contribution in [0.25, 0.3) is 0 Å². The molecule has 2 aliphatic heterocycles. The van der Waals surface area contributed by atoms with Gasteiger partial charge in [0.1, 0.15) is 0 Å². The van der Waals surface area contributed by atoms with Crippen molar-refractivity contribution in [2.24, 2.45) is 5.92 Å². The minimum absolute atomic E-state index is 0.0152. The number of benzene rings is 1. The summed E-state index contributed by atoms with van der Waals surface area (Å²) in [6, 6.07) is 8.73. The highest BCUT2D eigenvalue weighted by atomic mass is 32.2. The second-order valence-electron chi connectivity index (χ2n) is 8.49. The molecule has 4 rings (SSSR count). The van der Waals surface area contributed by atoms with E-state index in [1.165, 1.54) is 11.2 Å². The molecular formula is C23H28N4O4S. The number of nitrogens with one attached hydrogen (secondary N) is 1. The van der Waals surface area contributed by atoms with E-state index in [9.17, 15) is 18.0 Å². The van der Waals surface area contributed by atoms with E-state index in [-0.39, 0.29) is 28.7 Å². The highest BCUT2D eigenvalue weighted by Crippen LogP contribution is 2.35. The Morgan fingerprint density at radius 3 is 2.59 bits per heavy atom. The quantitative estimate of drug-likeness (QED) is 0.743. The van der Waals surface area contributed by atoms with Crippen molar-refractivity contribution in [1.82, 2.24) is 14.6 Å². The number of carbonyl (C=O) groups is 2. The van der Waals surface area contributed by atoms with E-state index in [2.05, 4.69) is 10.3 Å². The number of pyridine rings is 1. The lowest BCUT2D eigenvalue weighted by molar-refractivity contribution is -0.126. The molecule has 2 aliphatic rings. The van der Waals surface area contributed by atoms with E-state index < -0.39 is 10.0 Å². The number of sulfonamides is 1. The Bertz CT molecular complexity index is 1110. The fourth-order valence-electron chi connectivity index (χ4n) is 4.59. The monoisotopic (exact) mass is 456 g/mol. The predicted octanol–water partition coefficient (Wildman–Crippen LogP) is 2.10. The third kappa shape index (κ3) is 4.40. The first-order valence-electron chi connectivity index (χ1n) is 10.9. The summed E-state index contributed by atoms with van der Waals surface area (Å²) >= 11 is 0. The van der Waals surface area contributed by atoms with Crippen LogP contribution in [0.2, 0.25) is 0 Å². The standard InChI is InChI=1S/C23H28N4O4S/c1-16-12-20-13-21(5-6-22(20)27(16)17(2)28)32(30,31)26-10-7-19(8-11-26)23(29)25-15-18-4-3-9-24-14-18/h3-6,9,13-14,16,19H,7-8,10-12,15H2,1-2H3,(H,25,29). The SMILES string of the molecule is CC(=O)N1c2ccc(S(=O)(=O)N3CCC(C(=O)NCc4cccnc4)CC3)cc2CC1C. The molecule has 1 fully saturated rings. The fourth-order valence-corrected chi connectivity index (χ4v) is 6.11. The summed E-state index contributed by atoms with van der Waals surface area (Å²) in [7, 11) is -3.65. The van der Waals surface area contributed by atoms with Gasteiger partial charge in [0.05, 0.1) is 4.90 Å². The molecule has 1 atom stereocenters. The van der Waals surface area contributed by atoms with E-state index in [0.717, 1.165) is 16.8 Å². The van der Waals surface area contributed by atoms with Crippen LogP contribution in [0, 0.1) is 5.92 Å². The maximum atomic E-state index is 13.2. The van der Waals surface area contributed by atoms with Crippen molar-refractivity contribution in [3.63, 3.8) is 0 Å². The van der Waals surface area contributed by atoms with Gasteiger partial charge in [0, 0.05) is 56.6 Å². The molecule has 1 unspecified atom stereocenters. The molecule has 9 heteroatoms. The summed E-state index contributed by atoms with van der Waals surface area (Å²) < 4.78 is 27.9. The van der Waals surface area contributed by atoms with E-state index in [4.69, 9.17) is 0 Å². The average molecular weight is 457 g/mol. The smallest absolute Gasteiger partial charge is 0.243 e. The number of amides is 2. The Morgan fingerprint density at radius 2 is 1.94 bits per heavy atom. The molecule has 0 radical (unpaired) electrons. The molecule has 1 N–H and O–H groups in total. The van der Waals surface area contributed by atoms with Crippen LogP contribution >= 0.6 is 0 Å². The maximum Gasteiger partial charge on any atom is 0.243 e. The largest absolute Gasteiger partial charge is 0.352 e. The van der Waals surface area contributed by atoms with Crippen LogP contribution in [-0.4, -0.2) is 48.7 Å². The molecule has 0 saturated carbocycles. The molecule has 0 aliphatic carbocycles. The molecule has 3 heterocycles. The molecule has 8 nitrogen and oxygen atoms in total. The Hall–Kier alpha value is -2.78. The van der Waals surface area contributed by atoms with Crippen molar-refractivity contribution in [2.75, 3.05) is 18.0 Å². The van der Waals surface area contributed by atoms with E-state index >= 15 is 0 Å². The predicted molar refractivity (Wildman–Crippen MR) is 120 cm³/mol. The minimum Gasteiger partial charge on any atom is -0.352 e. The molecule has 0 bridgehead atoms. The summed E-state index contributed by atoms with van der Waals surface area (Å²) in [5.74, 6) is -0.305. The van der Waals surface area contributed by atoms with Crippen LogP contribution < -0.4 is 10.2 Å². The Labute approximate surface area is 188 Å². The summed E-state index contributed by atoms with van der Waals surface area (Å²) in [5.41, 5.74) is 2.58. The van der Waals surface area contributed by atoms with Crippen molar-refractivity contribution < 1.29 is 18.0 Å². The third-order valence-electron chi connectivity index (χ3n) is 6.26. The van der Waals surface area contributed by atoms with Crippen LogP contribution in [0.5, 0.6) is 0 Å².